The van der Waals surface area contributed by atoms with Crippen LogP contribution in [0.25, 0.3) is 0 Å². The Morgan fingerprint density at radius 3 is 2.84 bits per heavy atom. The van der Waals surface area contributed by atoms with Crippen LogP contribution in [0, 0.1) is 5.92 Å². The van der Waals surface area contributed by atoms with Crippen molar-refractivity contribution in [3.8, 4) is 0 Å². The van der Waals surface area contributed by atoms with Gasteiger partial charge in [-0.05, 0) is 43.2 Å². The molecule has 0 bridgehead atoms. The highest BCUT2D eigenvalue weighted by atomic mass is 79.9. The largest absolute Gasteiger partial charge is 0.312 e. The Labute approximate surface area is 124 Å². The van der Waals surface area contributed by atoms with Gasteiger partial charge in [0.2, 0.25) is 5.91 Å². The first-order valence-electron chi connectivity index (χ1n) is 7.16. The molecular weight excluding hydrogens is 302 g/mol. The molecule has 1 atom stereocenters. The quantitative estimate of drug-likeness (QED) is 0.745. The minimum absolute atomic E-state index is 0.288. The lowest BCUT2D eigenvalue weighted by Gasteiger charge is -2.24. The highest BCUT2D eigenvalue weighted by Gasteiger charge is 2.21. The average Bonchev–Trinajstić information content (AvgIpc) is 2.55. The molecule has 1 aliphatic heterocycles. The standard InChI is InChI=1S/C16H22BrNO/c1-13(9-11-17)10-12-18-15-7-3-2-5-14(15)6-4-8-16(18)19/h2-3,5,7,13H,4,6,8-12H2,1H3. The van der Waals surface area contributed by atoms with E-state index in [1.807, 2.05) is 11.0 Å². The lowest BCUT2D eigenvalue weighted by atomic mass is 10.0. The second kappa shape index (κ2) is 7.09. The predicted octanol–water partition coefficient (Wildman–Crippen LogP) is 4.17. The summed E-state index contributed by atoms with van der Waals surface area (Å²) in [6.07, 6.45) is 4.93. The molecule has 1 aromatic rings. The normalized spacial score (nSPS) is 16.9. The van der Waals surface area contributed by atoms with Crippen molar-refractivity contribution in [1.29, 1.82) is 0 Å². The number of nitrogens with zero attached hydrogens (tertiary/aromatic N) is 1. The fraction of sp³-hybridized carbons (Fsp3) is 0.562. The number of benzene rings is 1. The third-order valence-corrected chi connectivity index (χ3v) is 4.33. The van der Waals surface area contributed by atoms with E-state index in [-0.39, 0.29) is 5.91 Å². The van der Waals surface area contributed by atoms with E-state index in [4.69, 9.17) is 0 Å². The summed E-state index contributed by atoms with van der Waals surface area (Å²) in [6, 6.07) is 8.35. The summed E-state index contributed by atoms with van der Waals surface area (Å²) in [5.74, 6) is 0.943. The number of carbonyl (C=O) groups excluding carboxylic acids is 1. The molecule has 0 spiro atoms. The van der Waals surface area contributed by atoms with E-state index in [0.717, 1.165) is 36.8 Å². The first-order valence-corrected chi connectivity index (χ1v) is 8.28. The Hall–Kier alpha value is -0.830. The van der Waals surface area contributed by atoms with E-state index in [0.29, 0.717) is 12.3 Å². The van der Waals surface area contributed by atoms with Crippen molar-refractivity contribution in [3.63, 3.8) is 0 Å². The Kier molecular flexibility index (Phi) is 5.44. The SMILES string of the molecule is CC(CCBr)CCN1C(=O)CCCc2ccccc21. The second-order valence-electron chi connectivity index (χ2n) is 5.40. The average molecular weight is 324 g/mol. The van der Waals surface area contributed by atoms with Crippen molar-refractivity contribution in [2.45, 2.75) is 39.0 Å². The number of hydrogen-bond acceptors (Lipinski definition) is 1. The third-order valence-electron chi connectivity index (χ3n) is 3.87. The van der Waals surface area contributed by atoms with Crippen LogP contribution in [-0.2, 0) is 11.2 Å². The molecule has 2 rings (SSSR count). The molecule has 1 amide bonds. The number of carbonyl (C=O) groups is 1. The van der Waals surface area contributed by atoms with Crippen LogP contribution in [0.15, 0.2) is 24.3 Å². The van der Waals surface area contributed by atoms with Crippen LogP contribution in [-0.4, -0.2) is 17.8 Å². The Bertz CT molecular complexity index is 433. The molecule has 1 aliphatic rings. The van der Waals surface area contributed by atoms with Gasteiger partial charge in [-0.15, -0.1) is 0 Å². The Morgan fingerprint density at radius 1 is 1.26 bits per heavy atom. The third kappa shape index (κ3) is 3.82. The van der Waals surface area contributed by atoms with E-state index < -0.39 is 0 Å². The molecule has 1 heterocycles. The van der Waals surface area contributed by atoms with Crippen LogP contribution in [0.1, 0.15) is 38.2 Å². The number of para-hydroxylation sites is 1. The fourth-order valence-electron chi connectivity index (χ4n) is 2.61. The first kappa shape index (κ1) is 14.6. The van der Waals surface area contributed by atoms with Gasteiger partial charge in [0, 0.05) is 24.0 Å². The molecule has 104 valence electrons. The van der Waals surface area contributed by atoms with Crippen LogP contribution in [0.3, 0.4) is 0 Å². The van der Waals surface area contributed by atoms with Gasteiger partial charge >= 0.3 is 0 Å². The number of amides is 1. The number of aryl methyl sites for hydroxylation is 1. The van der Waals surface area contributed by atoms with Crippen LogP contribution in [0.2, 0.25) is 0 Å². The number of fused-ring (bicyclic) bond motifs is 1. The number of hydrogen-bond donors (Lipinski definition) is 0. The van der Waals surface area contributed by atoms with Gasteiger partial charge in [-0.1, -0.05) is 41.1 Å². The fourth-order valence-corrected chi connectivity index (χ4v) is 3.39. The summed E-state index contributed by atoms with van der Waals surface area (Å²) in [4.78, 5) is 14.3. The highest BCUT2D eigenvalue weighted by molar-refractivity contribution is 9.09. The number of alkyl halides is 1. The number of anilines is 1. The molecule has 0 N–H and O–H groups in total. The molecule has 1 unspecified atom stereocenters. The van der Waals surface area contributed by atoms with Crippen molar-refractivity contribution in [3.05, 3.63) is 29.8 Å². The van der Waals surface area contributed by atoms with Crippen molar-refractivity contribution >= 4 is 27.5 Å². The lowest BCUT2D eigenvalue weighted by molar-refractivity contribution is -0.118. The molecule has 0 fully saturated rings. The number of halogens is 1. The van der Waals surface area contributed by atoms with E-state index in [1.165, 1.54) is 12.0 Å². The first-order chi connectivity index (χ1) is 9.22. The maximum absolute atomic E-state index is 12.3. The van der Waals surface area contributed by atoms with Gasteiger partial charge in [0.1, 0.15) is 0 Å². The van der Waals surface area contributed by atoms with E-state index in [9.17, 15) is 4.79 Å². The number of rotatable bonds is 5. The van der Waals surface area contributed by atoms with Crippen LogP contribution >= 0.6 is 15.9 Å². The second-order valence-corrected chi connectivity index (χ2v) is 6.19. The zero-order valence-corrected chi connectivity index (χ0v) is 13.2. The minimum Gasteiger partial charge on any atom is -0.312 e. The van der Waals surface area contributed by atoms with Crippen molar-refractivity contribution < 1.29 is 4.79 Å². The van der Waals surface area contributed by atoms with Gasteiger partial charge in [-0.3, -0.25) is 4.79 Å². The van der Waals surface area contributed by atoms with Gasteiger partial charge in [-0.25, -0.2) is 0 Å². The van der Waals surface area contributed by atoms with Crippen molar-refractivity contribution in [2.24, 2.45) is 5.92 Å². The van der Waals surface area contributed by atoms with Gasteiger partial charge < -0.3 is 4.90 Å². The van der Waals surface area contributed by atoms with Gasteiger partial charge in [-0.2, -0.15) is 0 Å². The summed E-state index contributed by atoms with van der Waals surface area (Å²) in [7, 11) is 0. The van der Waals surface area contributed by atoms with Crippen LogP contribution < -0.4 is 4.90 Å². The highest BCUT2D eigenvalue weighted by Crippen LogP contribution is 2.27. The molecule has 0 saturated heterocycles. The molecule has 0 aliphatic carbocycles. The molecule has 19 heavy (non-hydrogen) atoms. The smallest absolute Gasteiger partial charge is 0.226 e. The summed E-state index contributed by atoms with van der Waals surface area (Å²) < 4.78 is 0. The maximum Gasteiger partial charge on any atom is 0.226 e. The lowest BCUT2D eigenvalue weighted by Crippen LogP contribution is -2.32. The molecule has 2 nitrogen and oxygen atoms in total. The van der Waals surface area contributed by atoms with Gasteiger partial charge in [0.05, 0.1) is 0 Å². The van der Waals surface area contributed by atoms with Crippen LogP contribution in [0.5, 0.6) is 0 Å². The molecule has 0 radical (unpaired) electrons. The van der Waals surface area contributed by atoms with Crippen LogP contribution in [0.4, 0.5) is 5.69 Å². The van der Waals surface area contributed by atoms with Gasteiger partial charge in [0.15, 0.2) is 0 Å². The summed E-state index contributed by atoms with van der Waals surface area (Å²) in [5.41, 5.74) is 2.46. The minimum atomic E-state index is 0.288. The Balaban J connectivity index is 2.10. The van der Waals surface area contributed by atoms with E-state index in [1.54, 1.807) is 0 Å². The van der Waals surface area contributed by atoms with Gasteiger partial charge in [0.25, 0.3) is 0 Å². The van der Waals surface area contributed by atoms with Crippen molar-refractivity contribution in [1.82, 2.24) is 0 Å². The monoisotopic (exact) mass is 323 g/mol. The summed E-state index contributed by atoms with van der Waals surface area (Å²) >= 11 is 3.49. The molecule has 0 aromatic heterocycles. The maximum atomic E-state index is 12.3. The predicted molar refractivity (Wildman–Crippen MR) is 83.9 cm³/mol. The van der Waals surface area contributed by atoms with E-state index in [2.05, 4.69) is 41.1 Å². The molecular formula is C16H22BrNO. The zero-order valence-electron chi connectivity index (χ0n) is 11.6. The molecule has 3 heteroatoms. The molecule has 1 aromatic carbocycles. The van der Waals surface area contributed by atoms with Crippen molar-refractivity contribution in [2.75, 3.05) is 16.8 Å². The summed E-state index contributed by atoms with van der Waals surface area (Å²) in [6.45, 7) is 3.11. The summed E-state index contributed by atoms with van der Waals surface area (Å²) in [5, 5.41) is 1.04. The zero-order chi connectivity index (χ0) is 13.7. The molecule has 0 saturated carbocycles. The Morgan fingerprint density at radius 2 is 2.05 bits per heavy atom. The van der Waals surface area contributed by atoms with E-state index >= 15 is 0 Å². The topological polar surface area (TPSA) is 20.3 Å².